The van der Waals surface area contributed by atoms with Gasteiger partial charge in [-0.05, 0) is 23.2 Å². The summed E-state index contributed by atoms with van der Waals surface area (Å²) in [6.07, 6.45) is 1.34. The van der Waals surface area contributed by atoms with E-state index in [1.165, 1.54) is 24.1 Å². The number of amides is 2. The zero-order valence-corrected chi connectivity index (χ0v) is 15.2. The van der Waals surface area contributed by atoms with E-state index in [-0.39, 0.29) is 28.8 Å². The van der Waals surface area contributed by atoms with Gasteiger partial charge in [0.25, 0.3) is 5.91 Å². The summed E-state index contributed by atoms with van der Waals surface area (Å²) < 4.78 is 17.0. The number of carbonyl (C=O) groups is 3. The molecule has 1 aromatic heterocycles. The summed E-state index contributed by atoms with van der Waals surface area (Å²) in [6.45, 7) is -0.152. The van der Waals surface area contributed by atoms with Gasteiger partial charge in [-0.25, -0.2) is 4.79 Å². The summed E-state index contributed by atoms with van der Waals surface area (Å²) in [5, 5.41) is 14.8. The van der Waals surface area contributed by atoms with E-state index in [0.717, 1.165) is 4.90 Å². The van der Waals surface area contributed by atoms with Gasteiger partial charge in [0.1, 0.15) is 22.9 Å². The number of aliphatic carboxylic acids is 1. The van der Waals surface area contributed by atoms with Gasteiger partial charge in [0, 0.05) is 10.7 Å². The van der Waals surface area contributed by atoms with Crippen LogP contribution in [0, 0.1) is 0 Å². The minimum absolute atomic E-state index is 0.151. The molecule has 3 unspecified atom stereocenters. The Morgan fingerprint density at radius 3 is 2.96 bits per heavy atom. The van der Waals surface area contributed by atoms with Gasteiger partial charge in [-0.3, -0.25) is 18.7 Å². The number of hydrogen-bond donors (Lipinski definition) is 2. The number of rotatable bonds is 7. The average molecular weight is 411 g/mol. The molecule has 2 aliphatic rings. The summed E-state index contributed by atoms with van der Waals surface area (Å²) in [4.78, 5) is 39.7. The Bertz CT molecular complexity index is 892. The van der Waals surface area contributed by atoms with Crippen LogP contribution in [0.3, 0.4) is 0 Å². The third-order valence-electron chi connectivity index (χ3n) is 3.87. The van der Waals surface area contributed by atoms with Crippen LogP contribution in [-0.4, -0.2) is 61.5 Å². The number of furan rings is 1. The van der Waals surface area contributed by atoms with Crippen molar-refractivity contribution < 1.29 is 28.1 Å². The Balaban J connectivity index is 1.68. The first-order chi connectivity index (χ1) is 12.9. The first-order valence-electron chi connectivity index (χ1n) is 7.56. The summed E-state index contributed by atoms with van der Waals surface area (Å²) >= 11 is 1.25. The van der Waals surface area contributed by atoms with E-state index in [9.17, 15) is 23.7 Å². The van der Waals surface area contributed by atoms with E-state index in [0.29, 0.717) is 5.57 Å². The fourth-order valence-corrected chi connectivity index (χ4v) is 4.91. The number of carbonyl (C=O) groups excluding carboxylic acids is 2. The number of carboxylic acids is 1. The van der Waals surface area contributed by atoms with Crippen molar-refractivity contribution in [2.24, 2.45) is 5.11 Å². The van der Waals surface area contributed by atoms with Gasteiger partial charge < -0.3 is 14.8 Å². The molecule has 3 atom stereocenters. The van der Waals surface area contributed by atoms with Crippen molar-refractivity contribution in [2.45, 2.75) is 16.5 Å². The molecule has 142 valence electrons. The molecular formula is C14H13N5O6S2. The molecule has 0 spiro atoms. The van der Waals surface area contributed by atoms with Crippen molar-refractivity contribution in [3.63, 3.8) is 0 Å². The second kappa shape index (κ2) is 7.86. The van der Waals surface area contributed by atoms with Crippen LogP contribution in [0.15, 0.2) is 44.3 Å². The van der Waals surface area contributed by atoms with Crippen molar-refractivity contribution in [3.05, 3.63) is 40.1 Å². The minimum Gasteiger partial charge on any atom is -0.477 e. The van der Waals surface area contributed by atoms with Gasteiger partial charge in [0.05, 0.1) is 23.6 Å². The fraction of sp³-hybridized carbons (Fsp3) is 0.357. The normalized spacial score (nSPS) is 22.4. The van der Waals surface area contributed by atoms with Crippen LogP contribution in [0.2, 0.25) is 0 Å². The van der Waals surface area contributed by atoms with E-state index < -0.39 is 40.0 Å². The first kappa shape index (κ1) is 19.0. The van der Waals surface area contributed by atoms with Gasteiger partial charge in [-0.1, -0.05) is 5.11 Å². The maximum Gasteiger partial charge on any atom is 0.352 e. The van der Waals surface area contributed by atoms with Crippen LogP contribution in [-0.2, 0) is 25.2 Å². The number of azide groups is 1. The highest BCUT2D eigenvalue weighted by molar-refractivity contribution is 8.00. The van der Waals surface area contributed by atoms with Crippen LogP contribution < -0.4 is 5.32 Å². The number of nitrogens with zero attached hydrogens (tertiary/aromatic N) is 4. The summed E-state index contributed by atoms with van der Waals surface area (Å²) in [5.74, 6) is -2.62. The standard InChI is InChI=1S/C14H13N5O6S2/c15-18-16-4-7-5-26-13-10(12(21)19(13)11(7)14(22)23)17-8(20)6-27(24)9-2-1-3-25-9/h1-3,10,13H,4-6H2,(H,17,20)(H,22,23). The number of thioether (sulfide) groups is 1. The molecule has 0 bridgehead atoms. The zero-order chi connectivity index (χ0) is 19.6. The van der Waals surface area contributed by atoms with E-state index in [4.69, 9.17) is 9.95 Å². The highest BCUT2D eigenvalue weighted by atomic mass is 32.2. The molecule has 2 N–H and O–H groups in total. The molecule has 27 heavy (non-hydrogen) atoms. The molecule has 2 aliphatic heterocycles. The van der Waals surface area contributed by atoms with Gasteiger partial charge in [0.2, 0.25) is 5.91 Å². The van der Waals surface area contributed by atoms with Crippen LogP contribution in [0.4, 0.5) is 0 Å². The Morgan fingerprint density at radius 1 is 1.56 bits per heavy atom. The predicted octanol–water partition coefficient (Wildman–Crippen LogP) is 0.436. The molecule has 2 amide bonds. The van der Waals surface area contributed by atoms with Gasteiger partial charge in [0.15, 0.2) is 5.09 Å². The highest BCUT2D eigenvalue weighted by Crippen LogP contribution is 2.40. The molecule has 0 aliphatic carbocycles. The number of β-lactam (4-membered cyclic amide) rings is 1. The van der Waals surface area contributed by atoms with Crippen LogP contribution in [0.25, 0.3) is 10.4 Å². The second-order valence-electron chi connectivity index (χ2n) is 5.52. The monoisotopic (exact) mass is 411 g/mol. The molecule has 0 saturated carbocycles. The Labute approximate surface area is 158 Å². The van der Waals surface area contributed by atoms with E-state index in [2.05, 4.69) is 15.3 Å². The molecule has 0 radical (unpaired) electrons. The average Bonchev–Trinajstić information content (AvgIpc) is 3.18. The van der Waals surface area contributed by atoms with Crippen LogP contribution in [0.1, 0.15) is 0 Å². The van der Waals surface area contributed by atoms with E-state index in [1.807, 2.05) is 0 Å². The maximum absolute atomic E-state index is 12.4. The summed E-state index contributed by atoms with van der Waals surface area (Å²) in [7, 11) is -1.68. The Morgan fingerprint density at radius 2 is 2.33 bits per heavy atom. The van der Waals surface area contributed by atoms with Gasteiger partial charge in [-0.2, -0.15) is 0 Å². The van der Waals surface area contributed by atoms with Crippen molar-refractivity contribution in [1.82, 2.24) is 10.2 Å². The minimum atomic E-state index is -1.68. The number of fused-ring (bicyclic) bond motifs is 1. The molecule has 0 aromatic carbocycles. The second-order valence-corrected chi connectivity index (χ2v) is 8.01. The van der Waals surface area contributed by atoms with Crippen LogP contribution >= 0.6 is 11.8 Å². The Kier molecular flexibility index (Phi) is 5.54. The van der Waals surface area contributed by atoms with Crippen molar-refractivity contribution >= 4 is 40.3 Å². The quantitative estimate of drug-likeness (QED) is 0.284. The molecule has 13 heteroatoms. The van der Waals surface area contributed by atoms with E-state index >= 15 is 0 Å². The lowest BCUT2D eigenvalue weighted by atomic mass is 10.0. The number of hydrogen-bond acceptors (Lipinski definition) is 7. The molecular weight excluding hydrogens is 398 g/mol. The third-order valence-corrected chi connectivity index (χ3v) is 6.42. The van der Waals surface area contributed by atoms with Gasteiger partial charge in [-0.15, -0.1) is 11.8 Å². The van der Waals surface area contributed by atoms with Gasteiger partial charge >= 0.3 is 5.97 Å². The third kappa shape index (κ3) is 3.70. The smallest absolute Gasteiger partial charge is 0.352 e. The summed E-state index contributed by atoms with van der Waals surface area (Å²) in [6, 6.07) is 2.11. The molecule has 1 fully saturated rings. The van der Waals surface area contributed by atoms with Crippen molar-refractivity contribution in [2.75, 3.05) is 18.1 Å². The number of nitrogens with one attached hydrogen (secondary N) is 1. The summed E-state index contributed by atoms with van der Waals surface area (Å²) in [5.41, 5.74) is 8.52. The maximum atomic E-state index is 12.4. The van der Waals surface area contributed by atoms with Crippen LogP contribution in [0.5, 0.6) is 0 Å². The zero-order valence-electron chi connectivity index (χ0n) is 13.6. The molecule has 11 nitrogen and oxygen atoms in total. The Hall–Kier alpha value is -2.76. The topological polar surface area (TPSA) is 166 Å². The van der Waals surface area contributed by atoms with Crippen molar-refractivity contribution in [1.29, 1.82) is 0 Å². The fourth-order valence-electron chi connectivity index (χ4n) is 2.72. The van der Waals surface area contributed by atoms with E-state index in [1.54, 1.807) is 6.07 Å². The largest absolute Gasteiger partial charge is 0.477 e. The SMILES string of the molecule is [N-]=[N+]=NCC1=C(C(=O)O)N2C(=O)C(NC(=O)CS(=O)c3ccco3)C2SC1. The first-order valence-corrected chi connectivity index (χ1v) is 9.93. The lowest BCUT2D eigenvalue weighted by Crippen LogP contribution is -2.70. The molecule has 3 heterocycles. The molecule has 3 rings (SSSR count). The highest BCUT2D eigenvalue weighted by Gasteiger charge is 2.54. The number of carboxylic acid groups (broad SMARTS) is 1. The lowest BCUT2D eigenvalue weighted by molar-refractivity contribution is -0.150. The van der Waals surface area contributed by atoms with Crippen molar-refractivity contribution in [3.8, 4) is 0 Å². The predicted molar refractivity (Wildman–Crippen MR) is 93.7 cm³/mol. The molecule has 1 aromatic rings. The molecule has 1 saturated heterocycles. The lowest BCUT2D eigenvalue weighted by Gasteiger charge is -2.49.